The number of hydrogen-bond acceptors (Lipinski definition) is 2. The highest BCUT2D eigenvalue weighted by Gasteiger charge is 2.25. The van der Waals surface area contributed by atoms with Gasteiger partial charge in [0.2, 0.25) is 0 Å². The maximum atomic E-state index is 12.3. The maximum absolute atomic E-state index is 12.3. The van der Waals surface area contributed by atoms with E-state index in [2.05, 4.69) is 0 Å². The van der Waals surface area contributed by atoms with Crippen LogP contribution in [0.5, 0.6) is 0 Å². The van der Waals surface area contributed by atoms with E-state index < -0.39 is 0 Å². The van der Waals surface area contributed by atoms with E-state index in [0.29, 0.717) is 5.88 Å². The van der Waals surface area contributed by atoms with Gasteiger partial charge in [-0.1, -0.05) is 12.8 Å². The van der Waals surface area contributed by atoms with Crippen LogP contribution in [0.3, 0.4) is 0 Å². The van der Waals surface area contributed by atoms with Crippen LogP contribution in [0, 0.1) is 0 Å². The summed E-state index contributed by atoms with van der Waals surface area (Å²) in [5, 5.41) is 3.86. The molecule has 1 fully saturated rings. The van der Waals surface area contributed by atoms with Gasteiger partial charge in [0.1, 0.15) is 0 Å². The Morgan fingerprint density at radius 2 is 2.38 bits per heavy atom. The van der Waals surface area contributed by atoms with E-state index >= 15 is 0 Å². The third-order valence-electron chi connectivity index (χ3n) is 3.08. The Balaban J connectivity index is 2.13. The standard InChI is InChI=1S/C12H16ClNOS/c13-8-11-4-2-1-3-6-14(11)12(15)10-5-7-16-9-10/h5,7,9,11H,1-4,6,8H2. The van der Waals surface area contributed by atoms with Crippen molar-refractivity contribution in [3.63, 3.8) is 0 Å². The minimum atomic E-state index is 0.147. The molecule has 1 amide bonds. The minimum Gasteiger partial charge on any atom is -0.334 e. The number of amides is 1. The first-order valence-electron chi connectivity index (χ1n) is 5.72. The summed E-state index contributed by atoms with van der Waals surface area (Å²) in [6.07, 6.45) is 4.54. The van der Waals surface area contributed by atoms with Gasteiger partial charge in [0.05, 0.1) is 5.56 Å². The molecule has 0 aliphatic carbocycles. The molecule has 0 N–H and O–H groups in total. The molecule has 0 saturated carbocycles. The molecule has 1 atom stereocenters. The van der Waals surface area contributed by atoms with E-state index in [1.807, 2.05) is 21.7 Å². The summed E-state index contributed by atoms with van der Waals surface area (Å²) in [7, 11) is 0. The van der Waals surface area contributed by atoms with Crippen molar-refractivity contribution < 1.29 is 4.79 Å². The molecule has 1 unspecified atom stereocenters. The number of alkyl halides is 1. The lowest BCUT2D eigenvalue weighted by Crippen LogP contribution is -2.40. The highest BCUT2D eigenvalue weighted by atomic mass is 35.5. The fraction of sp³-hybridized carbons (Fsp3) is 0.583. The molecule has 1 saturated heterocycles. The second kappa shape index (κ2) is 5.69. The van der Waals surface area contributed by atoms with Gasteiger partial charge in [-0.15, -0.1) is 11.6 Å². The Labute approximate surface area is 105 Å². The maximum Gasteiger partial charge on any atom is 0.254 e. The first kappa shape index (κ1) is 11.9. The lowest BCUT2D eigenvalue weighted by Gasteiger charge is -2.28. The highest BCUT2D eigenvalue weighted by Crippen LogP contribution is 2.21. The van der Waals surface area contributed by atoms with Crippen molar-refractivity contribution >= 4 is 28.8 Å². The third-order valence-corrected chi connectivity index (χ3v) is 4.12. The van der Waals surface area contributed by atoms with Crippen molar-refractivity contribution in [3.05, 3.63) is 22.4 Å². The van der Waals surface area contributed by atoms with Gasteiger partial charge in [-0.25, -0.2) is 0 Å². The van der Waals surface area contributed by atoms with Crippen molar-refractivity contribution in [1.82, 2.24) is 4.90 Å². The number of hydrogen-bond donors (Lipinski definition) is 0. The molecular formula is C12H16ClNOS. The van der Waals surface area contributed by atoms with Crippen LogP contribution in [0.25, 0.3) is 0 Å². The predicted molar refractivity (Wildman–Crippen MR) is 68.3 cm³/mol. The van der Waals surface area contributed by atoms with Crippen LogP contribution < -0.4 is 0 Å². The SMILES string of the molecule is O=C(c1ccsc1)N1CCCCCC1CCl. The molecule has 0 aromatic carbocycles. The first-order valence-corrected chi connectivity index (χ1v) is 7.20. The molecule has 1 aliphatic heterocycles. The van der Waals surface area contributed by atoms with E-state index in [9.17, 15) is 4.79 Å². The quantitative estimate of drug-likeness (QED) is 0.744. The molecule has 4 heteroatoms. The van der Waals surface area contributed by atoms with E-state index in [-0.39, 0.29) is 11.9 Å². The van der Waals surface area contributed by atoms with E-state index in [4.69, 9.17) is 11.6 Å². The molecule has 0 bridgehead atoms. The molecule has 0 spiro atoms. The highest BCUT2D eigenvalue weighted by molar-refractivity contribution is 7.08. The van der Waals surface area contributed by atoms with Gasteiger partial charge in [-0.2, -0.15) is 11.3 Å². The number of carbonyl (C=O) groups excluding carboxylic acids is 1. The van der Waals surface area contributed by atoms with E-state index in [1.54, 1.807) is 11.3 Å². The van der Waals surface area contributed by atoms with Crippen LogP contribution >= 0.6 is 22.9 Å². The van der Waals surface area contributed by atoms with E-state index in [1.165, 1.54) is 12.8 Å². The van der Waals surface area contributed by atoms with Crippen LogP contribution in [-0.4, -0.2) is 29.3 Å². The molecule has 2 heterocycles. The van der Waals surface area contributed by atoms with Crippen LogP contribution in [0.2, 0.25) is 0 Å². The summed E-state index contributed by atoms with van der Waals surface area (Å²) in [6.45, 7) is 0.853. The summed E-state index contributed by atoms with van der Waals surface area (Å²) < 4.78 is 0. The average Bonchev–Trinajstić information content (AvgIpc) is 2.73. The number of thiophene rings is 1. The average molecular weight is 258 g/mol. The van der Waals surface area contributed by atoms with Crippen LogP contribution in [0.1, 0.15) is 36.0 Å². The smallest absolute Gasteiger partial charge is 0.254 e. The van der Waals surface area contributed by atoms with Crippen LogP contribution in [0.4, 0.5) is 0 Å². The zero-order chi connectivity index (χ0) is 11.4. The lowest BCUT2D eigenvalue weighted by molar-refractivity contribution is 0.0701. The summed E-state index contributed by atoms with van der Waals surface area (Å²) in [6, 6.07) is 2.11. The Kier molecular flexibility index (Phi) is 4.24. The number of halogens is 1. The van der Waals surface area contributed by atoms with Crippen molar-refractivity contribution in [3.8, 4) is 0 Å². The summed E-state index contributed by atoms with van der Waals surface area (Å²) >= 11 is 7.53. The Morgan fingerprint density at radius 3 is 3.06 bits per heavy atom. The molecule has 0 radical (unpaired) electrons. The Morgan fingerprint density at radius 1 is 1.50 bits per heavy atom. The summed E-state index contributed by atoms with van der Waals surface area (Å²) in [5.41, 5.74) is 0.807. The molecule has 1 aromatic rings. The normalized spacial score (nSPS) is 21.8. The third kappa shape index (κ3) is 2.58. The van der Waals surface area contributed by atoms with E-state index in [0.717, 1.165) is 24.9 Å². The van der Waals surface area contributed by atoms with Crippen molar-refractivity contribution in [2.24, 2.45) is 0 Å². The van der Waals surface area contributed by atoms with Gasteiger partial charge in [-0.05, 0) is 24.3 Å². The molecule has 1 aliphatic rings. The Bertz CT molecular complexity index is 339. The minimum absolute atomic E-state index is 0.147. The number of likely N-dealkylation sites (tertiary alicyclic amines) is 1. The summed E-state index contributed by atoms with van der Waals surface area (Å²) in [5.74, 6) is 0.699. The van der Waals surface area contributed by atoms with Crippen molar-refractivity contribution in [1.29, 1.82) is 0 Å². The Hall–Kier alpha value is -0.540. The van der Waals surface area contributed by atoms with Gasteiger partial charge >= 0.3 is 0 Å². The topological polar surface area (TPSA) is 20.3 Å². The number of carbonyl (C=O) groups is 1. The zero-order valence-corrected chi connectivity index (χ0v) is 10.8. The zero-order valence-electron chi connectivity index (χ0n) is 9.19. The largest absolute Gasteiger partial charge is 0.334 e. The monoisotopic (exact) mass is 257 g/mol. The number of nitrogens with zero attached hydrogens (tertiary/aromatic N) is 1. The van der Waals surface area contributed by atoms with Crippen molar-refractivity contribution in [2.75, 3.05) is 12.4 Å². The molecule has 88 valence electrons. The second-order valence-electron chi connectivity index (χ2n) is 4.17. The van der Waals surface area contributed by atoms with Crippen LogP contribution in [-0.2, 0) is 0 Å². The van der Waals surface area contributed by atoms with Gasteiger partial charge < -0.3 is 4.90 Å². The molecular weight excluding hydrogens is 242 g/mol. The molecule has 16 heavy (non-hydrogen) atoms. The predicted octanol–water partition coefficient (Wildman–Crippen LogP) is 3.37. The molecule has 1 aromatic heterocycles. The van der Waals surface area contributed by atoms with Gasteiger partial charge in [0.25, 0.3) is 5.91 Å². The fourth-order valence-corrected chi connectivity index (χ4v) is 3.11. The molecule has 2 nitrogen and oxygen atoms in total. The fourth-order valence-electron chi connectivity index (χ4n) is 2.16. The summed E-state index contributed by atoms with van der Waals surface area (Å²) in [4.78, 5) is 14.2. The first-order chi connectivity index (χ1) is 7.83. The number of rotatable bonds is 2. The second-order valence-corrected chi connectivity index (χ2v) is 5.26. The van der Waals surface area contributed by atoms with Gasteiger partial charge in [0.15, 0.2) is 0 Å². The van der Waals surface area contributed by atoms with Gasteiger partial charge in [-0.3, -0.25) is 4.79 Å². The molecule has 2 rings (SSSR count). The lowest BCUT2D eigenvalue weighted by atomic mass is 10.1. The van der Waals surface area contributed by atoms with Gasteiger partial charge in [0, 0.05) is 23.8 Å². The van der Waals surface area contributed by atoms with Crippen LogP contribution in [0.15, 0.2) is 16.8 Å². The van der Waals surface area contributed by atoms with Crippen molar-refractivity contribution in [2.45, 2.75) is 31.7 Å².